The lowest BCUT2D eigenvalue weighted by atomic mass is 9.78. The van der Waals surface area contributed by atoms with E-state index < -0.39 is 17.8 Å². The molecule has 1 saturated heterocycles. The smallest absolute Gasteiger partial charge is 0.336 e. The summed E-state index contributed by atoms with van der Waals surface area (Å²) >= 11 is 0. The SMILES string of the molecule is COc1ccc(N2C(=O)NC(=O)/C(=C\c3ccc4c(c3)[C@@H](C)CC(C)(C)N4C(C)C)C2=O)c(OC)c1. The number of hydrogen-bond donors (Lipinski definition) is 1. The van der Waals surface area contributed by atoms with Gasteiger partial charge in [-0.25, -0.2) is 9.69 Å². The number of barbiturate groups is 1. The third kappa shape index (κ3) is 4.32. The zero-order chi connectivity index (χ0) is 26.4. The van der Waals surface area contributed by atoms with Crippen molar-refractivity contribution in [2.45, 2.75) is 58.5 Å². The van der Waals surface area contributed by atoms with Crippen LogP contribution in [0.1, 0.15) is 58.1 Å². The zero-order valence-corrected chi connectivity index (χ0v) is 21.8. The Morgan fingerprint density at radius 2 is 1.72 bits per heavy atom. The quantitative estimate of drug-likeness (QED) is 0.474. The molecule has 0 spiro atoms. The number of amides is 4. The first kappa shape index (κ1) is 25.3. The second kappa shape index (κ2) is 9.33. The van der Waals surface area contributed by atoms with Gasteiger partial charge in [0.1, 0.15) is 17.1 Å². The van der Waals surface area contributed by atoms with Crippen LogP contribution in [-0.4, -0.2) is 43.6 Å². The largest absolute Gasteiger partial charge is 0.497 e. The molecule has 2 aliphatic heterocycles. The fourth-order valence-electron chi connectivity index (χ4n) is 5.55. The molecule has 0 bridgehead atoms. The Morgan fingerprint density at radius 1 is 1.03 bits per heavy atom. The minimum Gasteiger partial charge on any atom is -0.497 e. The average molecular weight is 492 g/mol. The summed E-state index contributed by atoms with van der Waals surface area (Å²) in [6.07, 6.45) is 2.52. The first-order chi connectivity index (χ1) is 17.0. The number of rotatable bonds is 5. The lowest BCUT2D eigenvalue weighted by Crippen LogP contribution is -2.54. The van der Waals surface area contributed by atoms with Crippen molar-refractivity contribution in [2.24, 2.45) is 0 Å². The minimum atomic E-state index is -0.834. The van der Waals surface area contributed by atoms with Gasteiger partial charge in [-0.1, -0.05) is 13.0 Å². The second-order valence-electron chi connectivity index (χ2n) is 10.2. The summed E-state index contributed by atoms with van der Waals surface area (Å²) in [6.45, 7) is 11.1. The standard InChI is InChI=1S/C28H33N3O5/c1-16(2)31-22-10-8-18(12-20(22)17(3)15-28(31,4)5)13-21-25(32)29-27(34)30(26(21)33)23-11-9-19(35-6)14-24(23)36-7/h8-14,16-17H,15H2,1-7H3,(H,29,32,34)/b21-13+/t17-/m0/s1. The van der Waals surface area contributed by atoms with Crippen molar-refractivity contribution in [1.82, 2.24) is 5.32 Å². The topological polar surface area (TPSA) is 88.2 Å². The van der Waals surface area contributed by atoms with E-state index >= 15 is 0 Å². The van der Waals surface area contributed by atoms with Crippen molar-refractivity contribution >= 4 is 35.3 Å². The molecule has 2 aliphatic rings. The van der Waals surface area contributed by atoms with Crippen LogP contribution in [0.2, 0.25) is 0 Å². The normalized spacial score (nSPS) is 20.5. The molecule has 2 aromatic rings. The number of carbonyl (C=O) groups is 3. The van der Waals surface area contributed by atoms with Crippen molar-refractivity contribution in [3.63, 3.8) is 0 Å². The molecule has 0 radical (unpaired) electrons. The molecule has 4 amide bonds. The lowest BCUT2D eigenvalue weighted by molar-refractivity contribution is -0.122. The highest BCUT2D eigenvalue weighted by Gasteiger charge is 2.39. The van der Waals surface area contributed by atoms with Gasteiger partial charge in [0.2, 0.25) is 0 Å². The molecule has 2 heterocycles. The van der Waals surface area contributed by atoms with Crippen molar-refractivity contribution < 1.29 is 23.9 Å². The van der Waals surface area contributed by atoms with Crippen LogP contribution in [-0.2, 0) is 9.59 Å². The molecule has 4 rings (SSSR count). The second-order valence-corrected chi connectivity index (χ2v) is 10.2. The number of nitrogens with one attached hydrogen (secondary N) is 1. The maximum Gasteiger partial charge on any atom is 0.336 e. The molecule has 190 valence electrons. The van der Waals surface area contributed by atoms with Gasteiger partial charge < -0.3 is 14.4 Å². The number of nitrogens with zero attached hydrogens (tertiary/aromatic N) is 2. The van der Waals surface area contributed by atoms with E-state index in [4.69, 9.17) is 9.47 Å². The van der Waals surface area contributed by atoms with Crippen LogP contribution in [0.15, 0.2) is 42.0 Å². The van der Waals surface area contributed by atoms with Crippen LogP contribution in [0.25, 0.3) is 6.08 Å². The van der Waals surface area contributed by atoms with Gasteiger partial charge in [0.15, 0.2) is 0 Å². The van der Waals surface area contributed by atoms with Gasteiger partial charge >= 0.3 is 6.03 Å². The van der Waals surface area contributed by atoms with Crippen molar-refractivity contribution in [3.8, 4) is 11.5 Å². The van der Waals surface area contributed by atoms with E-state index in [1.54, 1.807) is 24.3 Å². The molecular weight excluding hydrogens is 458 g/mol. The molecular formula is C28H33N3O5. The van der Waals surface area contributed by atoms with Crippen LogP contribution in [0.3, 0.4) is 0 Å². The summed E-state index contributed by atoms with van der Waals surface area (Å²) in [6, 6.07) is 10.2. The number of carbonyl (C=O) groups excluding carboxylic acids is 3. The Labute approximate surface area is 211 Å². The highest BCUT2D eigenvalue weighted by Crippen LogP contribution is 2.45. The number of anilines is 2. The summed E-state index contributed by atoms with van der Waals surface area (Å²) in [5, 5.41) is 2.28. The van der Waals surface area contributed by atoms with Crippen LogP contribution >= 0.6 is 0 Å². The number of fused-ring (bicyclic) bond motifs is 1. The Balaban J connectivity index is 1.75. The Hall–Kier alpha value is -3.81. The monoisotopic (exact) mass is 491 g/mol. The molecule has 1 fully saturated rings. The van der Waals surface area contributed by atoms with Crippen molar-refractivity contribution in [1.29, 1.82) is 0 Å². The van der Waals surface area contributed by atoms with Crippen LogP contribution < -0.4 is 24.6 Å². The molecule has 1 N–H and O–H groups in total. The van der Waals surface area contributed by atoms with E-state index in [-0.39, 0.29) is 22.5 Å². The highest BCUT2D eigenvalue weighted by molar-refractivity contribution is 6.39. The summed E-state index contributed by atoms with van der Waals surface area (Å²) in [5.41, 5.74) is 3.15. The van der Waals surface area contributed by atoms with Gasteiger partial charge in [-0.2, -0.15) is 0 Å². The third-order valence-electron chi connectivity index (χ3n) is 6.86. The molecule has 36 heavy (non-hydrogen) atoms. The summed E-state index contributed by atoms with van der Waals surface area (Å²) in [4.78, 5) is 42.2. The summed E-state index contributed by atoms with van der Waals surface area (Å²) < 4.78 is 10.6. The molecule has 2 aromatic carbocycles. The number of methoxy groups -OCH3 is 2. The number of benzene rings is 2. The van der Waals surface area contributed by atoms with E-state index in [0.717, 1.165) is 22.6 Å². The minimum absolute atomic E-state index is 0.0120. The van der Waals surface area contributed by atoms with E-state index in [1.807, 2.05) is 12.1 Å². The molecule has 8 nitrogen and oxygen atoms in total. The van der Waals surface area contributed by atoms with E-state index in [9.17, 15) is 14.4 Å². The highest BCUT2D eigenvalue weighted by atomic mass is 16.5. The van der Waals surface area contributed by atoms with Gasteiger partial charge in [-0.15, -0.1) is 0 Å². The molecule has 8 heteroatoms. The zero-order valence-electron chi connectivity index (χ0n) is 21.8. The van der Waals surface area contributed by atoms with Crippen LogP contribution in [0.4, 0.5) is 16.2 Å². The first-order valence-electron chi connectivity index (χ1n) is 12.0. The van der Waals surface area contributed by atoms with E-state index in [2.05, 4.69) is 50.9 Å². The predicted molar refractivity (Wildman–Crippen MR) is 140 cm³/mol. The number of urea groups is 1. The Morgan fingerprint density at radius 3 is 2.36 bits per heavy atom. The third-order valence-corrected chi connectivity index (χ3v) is 6.86. The van der Waals surface area contributed by atoms with E-state index in [0.29, 0.717) is 17.7 Å². The first-order valence-corrected chi connectivity index (χ1v) is 12.0. The Kier molecular flexibility index (Phi) is 6.56. The maximum atomic E-state index is 13.4. The van der Waals surface area contributed by atoms with Gasteiger partial charge in [0.25, 0.3) is 11.8 Å². The average Bonchev–Trinajstić information content (AvgIpc) is 2.81. The fourth-order valence-corrected chi connectivity index (χ4v) is 5.55. The van der Waals surface area contributed by atoms with Crippen molar-refractivity contribution in [2.75, 3.05) is 24.0 Å². The van der Waals surface area contributed by atoms with Crippen molar-refractivity contribution in [3.05, 3.63) is 53.1 Å². The lowest BCUT2D eigenvalue weighted by Gasteiger charge is -2.50. The molecule has 0 aliphatic carbocycles. The molecule has 1 atom stereocenters. The van der Waals surface area contributed by atoms with E-state index in [1.165, 1.54) is 19.8 Å². The van der Waals surface area contributed by atoms with Crippen LogP contribution in [0, 0.1) is 0 Å². The Bertz CT molecular complexity index is 1260. The van der Waals surface area contributed by atoms with Gasteiger partial charge in [-0.05, 0) is 81.5 Å². The maximum absolute atomic E-state index is 13.4. The number of hydrogen-bond acceptors (Lipinski definition) is 6. The summed E-state index contributed by atoms with van der Waals surface area (Å²) in [7, 11) is 2.94. The predicted octanol–water partition coefficient (Wildman–Crippen LogP) is 4.87. The molecule has 0 aromatic heterocycles. The molecule has 0 unspecified atom stereocenters. The fraction of sp³-hybridized carbons (Fsp3) is 0.393. The van der Waals surface area contributed by atoms with Gasteiger partial charge in [0.05, 0.1) is 19.9 Å². The number of imide groups is 2. The summed E-state index contributed by atoms with van der Waals surface area (Å²) in [5.74, 6) is -0.368. The van der Waals surface area contributed by atoms with Gasteiger partial charge in [-0.3, -0.25) is 14.9 Å². The van der Waals surface area contributed by atoms with Crippen LogP contribution in [0.5, 0.6) is 11.5 Å². The van der Waals surface area contributed by atoms with Gasteiger partial charge in [0, 0.05) is 23.3 Å². The number of ether oxygens (including phenoxy) is 2. The molecule has 0 saturated carbocycles.